The maximum atomic E-state index is 13.2. The van der Waals surface area contributed by atoms with Crippen LogP contribution in [0.4, 0.5) is 4.39 Å². The van der Waals surface area contributed by atoms with Gasteiger partial charge in [0.25, 0.3) is 5.91 Å². The zero-order chi connectivity index (χ0) is 16.8. The van der Waals surface area contributed by atoms with Crippen LogP contribution >= 0.6 is 11.3 Å². The summed E-state index contributed by atoms with van der Waals surface area (Å²) in [4.78, 5) is 15.0. The maximum Gasteiger partial charge on any atom is 0.275 e. The van der Waals surface area contributed by atoms with Gasteiger partial charge in [0, 0.05) is 4.88 Å². The van der Waals surface area contributed by atoms with Crippen molar-refractivity contribution in [3.8, 4) is 0 Å². The highest BCUT2D eigenvalue weighted by Gasteiger charge is 2.21. The Morgan fingerprint density at radius 3 is 2.46 bits per heavy atom. The third-order valence-corrected chi connectivity index (χ3v) is 5.49. The molecule has 2 N–H and O–H groups in total. The SMILES string of the molecule is O=C(C[NH+]1CCCCCC1)N[C@@H](c1ccc(F)cc1)c1cccs1. The lowest BCUT2D eigenvalue weighted by Crippen LogP contribution is -3.13. The zero-order valence-corrected chi connectivity index (χ0v) is 14.6. The van der Waals surface area contributed by atoms with Gasteiger partial charge < -0.3 is 10.2 Å². The largest absolute Gasteiger partial charge is 0.339 e. The van der Waals surface area contributed by atoms with Gasteiger partial charge in [-0.15, -0.1) is 11.3 Å². The minimum Gasteiger partial charge on any atom is -0.339 e. The van der Waals surface area contributed by atoms with Crippen LogP contribution in [0.5, 0.6) is 0 Å². The number of likely N-dealkylation sites (tertiary alicyclic amines) is 1. The Morgan fingerprint density at radius 1 is 1.12 bits per heavy atom. The Morgan fingerprint density at radius 2 is 1.83 bits per heavy atom. The lowest BCUT2D eigenvalue weighted by atomic mass is 10.1. The molecule has 0 unspecified atom stereocenters. The molecule has 1 aliphatic rings. The van der Waals surface area contributed by atoms with Crippen LogP contribution < -0.4 is 10.2 Å². The summed E-state index contributed by atoms with van der Waals surface area (Å²) in [6, 6.07) is 10.2. The molecule has 1 aromatic carbocycles. The Hall–Kier alpha value is -1.72. The molecule has 1 aromatic heterocycles. The van der Waals surface area contributed by atoms with Crippen molar-refractivity contribution in [1.29, 1.82) is 0 Å². The maximum absolute atomic E-state index is 13.2. The smallest absolute Gasteiger partial charge is 0.275 e. The van der Waals surface area contributed by atoms with Gasteiger partial charge in [-0.25, -0.2) is 4.39 Å². The Kier molecular flexibility index (Phi) is 5.99. The first-order chi connectivity index (χ1) is 11.7. The molecular formula is C19H24FN2OS+. The number of nitrogens with one attached hydrogen (secondary N) is 2. The van der Waals surface area contributed by atoms with E-state index in [1.165, 1.54) is 42.7 Å². The molecule has 0 spiro atoms. The summed E-state index contributed by atoms with van der Waals surface area (Å²) in [6.45, 7) is 2.67. The number of amides is 1. The molecule has 0 bridgehead atoms. The number of carbonyl (C=O) groups excluding carboxylic acids is 1. The van der Waals surface area contributed by atoms with Crippen LogP contribution in [0, 0.1) is 5.82 Å². The van der Waals surface area contributed by atoms with Crippen LogP contribution in [0.15, 0.2) is 41.8 Å². The number of hydrogen-bond acceptors (Lipinski definition) is 2. The van der Waals surface area contributed by atoms with Crippen molar-refractivity contribution in [3.05, 3.63) is 58.0 Å². The average molecular weight is 347 g/mol. The van der Waals surface area contributed by atoms with Crippen molar-refractivity contribution < 1.29 is 14.1 Å². The molecule has 1 atom stereocenters. The van der Waals surface area contributed by atoms with Crippen molar-refractivity contribution in [2.24, 2.45) is 0 Å². The summed E-state index contributed by atoms with van der Waals surface area (Å²) in [5.41, 5.74) is 0.915. The molecule has 2 aromatic rings. The van der Waals surface area contributed by atoms with E-state index in [1.807, 2.05) is 17.5 Å². The fraction of sp³-hybridized carbons (Fsp3) is 0.421. The normalized spacial score (nSPS) is 17.2. The standard InChI is InChI=1S/C19H23FN2OS/c20-16-9-7-15(8-10-16)19(17-6-5-13-24-17)21-18(23)14-22-11-3-1-2-4-12-22/h5-10,13,19H,1-4,11-12,14H2,(H,21,23)/p+1/t19-/m0/s1. The fourth-order valence-electron chi connectivity index (χ4n) is 3.27. The highest BCUT2D eigenvalue weighted by Crippen LogP contribution is 2.26. The van der Waals surface area contributed by atoms with Gasteiger partial charge in [-0.3, -0.25) is 4.79 Å². The van der Waals surface area contributed by atoms with Crippen LogP contribution in [0.3, 0.4) is 0 Å². The highest BCUT2D eigenvalue weighted by molar-refractivity contribution is 7.10. The molecule has 5 heteroatoms. The monoisotopic (exact) mass is 347 g/mol. The molecule has 1 amide bonds. The van der Waals surface area contributed by atoms with Crippen molar-refractivity contribution >= 4 is 17.2 Å². The van der Waals surface area contributed by atoms with Crippen molar-refractivity contribution in [1.82, 2.24) is 5.32 Å². The summed E-state index contributed by atoms with van der Waals surface area (Å²) in [6.07, 6.45) is 4.96. The molecule has 1 saturated heterocycles. The predicted molar refractivity (Wildman–Crippen MR) is 94.7 cm³/mol. The van der Waals surface area contributed by atoms with Gasteiger partial charge in [-0.1, -0.05) is 18.2 Å². The summed E-state index contributed by atoms with van der Waals surface area (Å²) in [7, 11) is 0. The van der Waals surface area contributed by atoms with E-state index in [2.05, 4.69) is 5.32 Å². The summed E-state index contributed by atoms with van der Waals surface area (Å²) < 4.78 is 13.2. The Labute approximate surface area is 146 Å². The van der Waals surface area contributed by atoms with Gasteiger partial charge in [0.15, 0.2) is 6.54 Å². The predicted octanol–water partition coefficient (Wildman–Crippen LogP) is 2.55. The molecular weight excluding hydrogens is 323 g/mol. The second kappa shape index (κ2) is 8.40. The molecule has 2 heterocycles. The molecule has 0 aliphatic carbocycles. The van der Waals surface area contributed by atoms with E-state index in [9.17, 15) is 9.18 Å². The second-order valence-corrected chi connectivity index (χ2v) is 7.39. The number of benzene rings is 1. The summed E-state index contributed by atoms with van der Waals surface area (Å²) in [5.74, 6) is -0.196. The minimum absolute atomic E-state index is 0.0645. The zero-order valence-electron chi connectivity index (χ0n) is 13.8. The molecule has 0 radical (unpaired) electrons. The van der Waals surface area contributed by atoms with Crippen molar-refractivity contribution in [2.45, 2.75) is 31.7 Å². The molecule has 1 fully saturated rings. The van der Waals surface area contributed by atoms with E-state index in [0.717, 1.165) is 23.5 Å². The topological polar surface area (TPSA) is 33.5 Å². The van der Waals surface area contributed by atoms with Crippen LogP contribution in [0.25, 0.3) is 0 Å². The lowest BCUT2D eigenvalue weighted by Gasteiger charge is -2.21. The summed E-state index contributed by atoms with van der Waals surface area (Å²) in [5, 5.41) is 5.15. The number of halogens is 1. The van der Waals surface area contributed by atoms with E-state index in [-0.39, 0.29) is 17.8 Å². The van der Waals surface area contributed by atoms with Crippen LogP contribution in [-0.2, 0) is 4.79 Å². The molecule has 24 heavy (non-hydrogen) atoms. The number of thiophene rings is 1. The number of rotatable bonds is 5. The van der Waals surface area contributed by atoms with Gasteiger partial charge in [0.2, 0.25) is 0 Å². The van der Waals surface area contributed by atoms with E-state index in [1.54, 1.807) is 23.5 Å². The quantitative estimate of drug-likeness (QED) is 0.856. The Balaban J connectivity index is 1.69. The first kappa shape index (κ1) is 17.1. The summed E-state index contributed by atoms with van der Waals surface area (Å²) >= 11 is 1.61. The van der Waals surface area contributed by atoms with Crippen molar-refractivity contribution in [2.75, 3.05) is 19.6 Å². The molecule has 128 valence electrons. The fourth-order valence-corrected chi connectivity index (χ4v) is 4.08. The first-order valence-corrected chi connectivity index (χ1v) is 9.52. The molecule has 1 aliphatic heterocycles. The van der Waals surface area contributed by atoms with Crippen molar-refractivity contribution in [3.63, 3.8) is 0 Å². The van der Waals surface area contributed by atoms with Gasteiger partial charge in [0.05, 0.1) is 19.1 Å². The third-order valence-electron chi connectivity index (χ3n) is 4.56. The molecule has 3 rings (SSSR count). The minimum atomic E-state index is -0.260. The molecule has 3 nitrogen and oxygen atoms in total. The van der Waals surface area contributed by atoms with E-state index in [4.69, 9.17) is 0 Å². The number of hydrogen-bond donors (Lipinski definition) is 2. The van der Waals surface area contributed by atoms with Crippen LogP contribution in [-0.4, -0.2) is 25.5 Å². The number of quaternary nitrogens is 1. The average Bonchev–Trinajstić information content (AvgIpc) is 2.99. The van der Waals surface area contributed by atoms with Gasteiger partial charge in [-0.2, -0.15) is 0 Å². The third kappa shape index (κ3) is 4.65. The van der Waals surface area contributed by atoms with Gasteiger partial charge in [0.1, 0.15) is 5.82 Å². The van der Waals surface area contributed by atoms with Gasteiger partial charge >= 0.3 is 0 Å². The lowest BCUT2D eigenvalue weighted by molar-refractivity contribution is -0.891. The second-order valence-electron chi connectivity index (χ2n) is 6.41. The van der Waals surface area contributed by atoms with E-state index in [0.29, 0.717) is 6.54 Å². The van der Waals surface area contributed by atoms with Crippen LogP contribution in [0.2, 0.25) is 0 Å². The highest BCUT2D eigenvalue weighted by atomic mass is 32.1. The Bertz CT molecular complexity index is 634. The number of carbonyl (C=O) groups is 1. The first-order valence-electron chi connectivity index (χ1n) is 8.64. The molecule has 0 saturated carbocycles. The van der Waals surface area contributed by atoms with Gasteiger partial charge in [-0.05, 0) is 54.8 Å². The van der Waals surface area contributed by atoms with E-state index >= 15 is 0 Å². The van der Waals surface area contributed by atoms with Crippen LogP contribution in [0.1, 0.15) is 42.2 Å². The van der Waals surface area contributed by atoms with E-state index < -0.39 is 0 Å².